The van der Waals surface area contributed by atoms with Crippen LogP contribution in [0.1, 0.15) is 37.4 Å². The third-order valence-electron chi connectivity index (χ3n) is 4.14. The van der Waals surface area contributed by atoms with Gasteiger partial charge in [0.2, 0.25) is 0 Å². The van der Waals surface area contributed by atoms with Crippen LogP contribution < -0.4 is 11.1 Å². The number of hydrogen-bond donors (Lipinski definition) is 2. The number of benzene rings is 1. The second-order valence-electron chi connectivity index (χ2n) is 5.80. The summed E-state index contributed by atoms with van der Waals surface area (Å²) >= 11 is 0. The van der Waals surface area contributed by atoms with Crippen molar-refractivity contribution in [3.8, 4) is 0 Å². The third kappa shape index (κ3) is 4.68. The third-order valence-corrected chi connectivity index (χ3v) is 4.14. The first-order valence-electron chi connectivity index (χ1n) is 8.12. The molecule has 0 aliphatic rings. The standard InChI is InChI=1S/C18H22N6.HI/c1-3-13(2)14-4-6-15(7-5-14)23-18(19)21-12-16-8-10-20-17-9-11-22-24(16)17;/h4-11,13H,3,12H2,1-2H3,(H3,19,21,23);1H. The van der Waals surface area contributed by atoms with E-state index in [1.54, 1.807) is 16.9 Å². The molecule has 0 fully saturated rings. The number of hydrogen-bond acceptors (Lipinski definition) is 3. The molecular weight excluding hydrogens is 427 g/mol. The van der Waals surface area contributed by atoms with Crippen molar-refractivity contribution >= 4 is 41.3 Å². The summed E-state index contributed by atoms with van der Waals surface area (Å²) in [7, 11) is 0. The number of aromatic nitrogens is 3. The van der Waals surface area contributed by atoms with Crippen LogP contribution in [-0.2, 0) is 6.54 Å². The van der Waals surface area contributed by atoms with Gasteiger partial charge >= 0.3 is 0 Å². The molecule has 0 radical (unpaired) electrons. The summed E-state index contributed by atoms with van der Waals surface area (Å²) in [5.41, 5.74) is 9.99. The molecule has 1 atom stereocenters. The Labute approximate surface area is 164 Å². The van der Waals surface area contributed by atoms with Crippen molar-refractivity contribution in [1.29, 1.82) is 0 Å². The fraction of sp³-hybridized carbons (Fsp3) is 0.278. The highest BCUT2D eigenvalue weighted by molar-refractivity contribution is 14.0. The lowest BCUT2D eigenvalue weighted by Crippen LogP contribution is -2.22. The molecule has 0 saturated heterocycles. The summed E-state index contributed by atoms with van der Waals surface area (Å²) in [6.07, 6.45) is 4.60. The van der Waals surface area contributed by atoms with Gasteiger partial charge in [-0.2, -0.15) is 5.10 Å². The molecule has 3 N–H and O–H groups in total. The number of nitrogens with one attached hydrogen (secondary N) is 1. The summed E-state index contributed by atoms with van der Waals surface area (Å²) in [4.78, 5) is 8.62. The number of nitrogens with zero attached hydrogens (tertiary/aromatic N) is 4. The summed E-state index contributed by atoms with van der Waals surface area (Å²) in [6, 6.07) is 12.1. The number of guanidine groups is 1. The largest absolute Gasteiger partial charge is 0.370 e. The van der Waals surface area contributed by atoms with Crippen LogP contribution in [0.15, 0.2) is 53.8 Å². The lowest BCUT2D eigenvalue weighted by Gasteiger charge is -2.11. The molecule has 1 unspecified atom stereocenters. The van der Waals surface area contributed by atoms with E-state index in [1.165, 1.54) is 5.56 Å². The van der Waals surface area contributed by atoms with Crippen LogP contribution in [0.3, 0.4) is 0 Å². The first kappa shape index (κ1) is 19.2. The van der Waals surface area contributed by atoms with E-state index in [0.717, 1.165) is 23.4 Å². The fourth-order valence-electron chi connectivity index (χ4n) is 2.49. The molecule has 0 amide bonds. The second kappa shape index (κ2) is 8.80. The topological polar surface area (TPSA) is 80.6 Å². The number of halogens is 1. The average Bonchev–Trinajstić information content (AvgIpc) is 3.09. The van der Waals surface area contributed by atoms with Crippen LogP contribution in [0.25, 0.3) is 5.65 Å². The fourth-order valence-corrected chi connectivity index (χ4v) is 2.49. The number of nitrogens with two attached hydrogens (primary N) is 1. The molecule has 2 heterocycles. The van der Waals surface area contributed by atoms with Gasteiger partial charge in [0.15, 0.2) is 11.6 Å². The van der Waals surface area contributed by atoms with E-state index in [9.17, 15) is 0 Å². The van der Waals surface area contributed by atoms with Crippen molar-refractivity contribution in [2.24, 2.45) is 10.7 Å². The Kier molecular flexibility index (Phi) is 6.74. The normalized spacial score (nSPS) is 12.6. The molecule has 0 aliphatic carbocycles. The molecule has 1 aromatic carbocycles. The Morgan fingerprint density at radius 2 is 1.96 bits per heavy atom. The van der Waals surface area contributed by atoms with Gasteiger partial charge in [-0.15, -0.1) is 24.0 Å². The monoisotopic (exact) mass is 450 g/mol. The van der Waals surface area contributed by atoms with Crippen LogP contribution >= 0.6 is 24.0 Å². The van der Waals surface area contributed by atoms with E-state index in [2.05, 4.69) is 46.4 Å². The average molecular weight is 450 g/mol. The van der Waals surface area contributed by atoms with Crippen LogP contribution in [0, 0.1) is 0 Å². The van der Waals surface area contributed by atoms with E-state index in [0.29, 0.717) is 18.4 Å². The van der Waals surface area contributed by atoms with E-state index in [1.807, 2.05) is 24.3 Å². The van der Waals surface area contributed by atoms with Gasteiger partial charge in [0.05, 0.1) is 18.4 Å². The maximum atomic E-state index is 5.99. The van der Waals surface area contributed by atoms with Gasteiger partial charge in [-0.25, -0.2) is 14.5 Å². The molecule has 3 aromatic rings. The minimum Gasteiger partial charge on any atom is -0.370 e. The molecule has 0 aliphatic heterocycles. The molecule has 6 nitrogen and oxygen atoms in total. The first-order chi connectivity index (χ1) is 11.7. The minimum atomic E-state index is 0. The van der Waals surface area contributed by atoms with Crippen molar-refractivity contribution in [3.05, 3.63) is 60.0 Å². The molecule has 3 rings (SSSR count). The highest BCUT2D eigenvalue weighted by Crippen LogP contribution is 2.20. The molecule has 0 spiro atoms. The zero-order chi connectivity index (χ0) is 16.9. The SMILES string of the molecule is CCC(C)c1ccc(NC(N)=NCc2ccnc3ccnn23)cc1.I. The van der Waals surface area contributed by atoms with Crippen LogP contribution in [0.2, 0.25) is 0 Å². The Morgan fingerprint density at radius 3 is 2.68 bits per heavy atom. The quantitative estimate of drug-likeness (QED) is 0.352. The van der Waals surface area contributed by atoms with E-state index in [4.69, 9.17) is 5.73 Å². The lowest BCUT2D eigenvalue weighted by molar-refractivity contribution is 0.734. The Hall–Kier alpha value is -2.16. The smallest absolute Gasteiger partial charge is 0.193 e. The molecule has 25 heavy (non-hydrogen) atoms. The zero-order valence-electron chi connectivity index (χ0n) is 14.4. The molecular formula is C18H23IN6. The van der Waals surface area contributed by atoms with E-state index < -0.39 is 0 Å². The molecule has 2 aromatic heterocycles. The number of anilines is 1. The van der Waals surface area contributed by atoms with Crippen LogP contribution in [-0.4, -0.2) is 20.6 Å². The zero-order valence-corrected chi connectivity index (χ0v) is 16.7. The lowest BCUT2D eigenvalue weighted by atomic mass is 9.99. The Bertz CT molecular complexity index is 840. The van der Waals surface area contributed by atoms with Gasteiger partial charge in [0.1, 0.15) is 0 Å². The number of rotatable bonds is 5. The summed E-state index contributed by atoms with van der Waals surface area (Å²) in [5, 5.41) is 7.36. The van der Waals surface area contributed by atoms with Gasteiger partial charge in [0.25, 0.3) is 0 Å². The summed E-state index contributed by atoms with van der Waals surface area (Å²) in [5.74, 6) is 0.941. The van der Waals surface area contributed by atoms with Gasteiger partial charge < -0.3 is 11.1 Å². The van der Waals surface area contributed by atoms with Crippen LogP contribution in [0.5, 0.6) is 0 Å². The highest BCUT2D eigenvalue weighted by Gasteiger charge is 2.04. The maximum Gasteiger partial charge on any atom is 0.193 e. The predicted octanol–water partition coefficient (Wildman–Crippen LogP) is 3.79. The highest BCUT2D eigenvalue weighted by atomic mass is 127. The molecule has 7 heteroatoms. The maximum absolute atomic E-state index is 5.99. The Balaban J connectivity index is 0.00000225. The van der Waals surface area contributed by atoms with Gasteiger partial charge in [-0.3, -0.25) is 0 Å². The predicted molar refractivity (Wildman–Crippen MR) is 112 cm³/mol. The van der Waals surface area contributed by atoms with Crippen molar-refractivity contribution < 1.29 is 0 Å². The van der Waals surface area contributed by atoms with E-state index >= 15 is 0 Å². The summed E-state index contributed by atoms with van der Waals surface area (Å²) in [6.45, 7) is 4.85. The van der Waals surface area contributed by atoms with Crippen molar-refractivity contribution in [2.75, 3.05) is 5.32 Å². The first-order valence-corrected chi connectivity index (χ1v) is 8.12. The van der Waals surface area contributed by atoms with E-state index in [-0.39, 0.29) is 24.0 Å². The second-order valence-corrected chi connectivity index (χ2v) is 5.80. The number of fused-ring (bicyclic) bond motifs is 1. The van der Waals surface area contributed by atoms with Crippen LogP contribution in [0.4, 0.5) is 5.69 Å². The number of aliphatic imine (C=N–C) groups is 1. The molecule has 0 saturated carbocycles. The van der Waals surface area contributed by atoms with Gasteiger partial charge in [-0.1, -0.05) is 26.0 Å². The molecule has 132 valence electrons. The van der Waals surface area contributed by atoms with Gasteiger partial charge in [0, 0.05) is 18.0 Å². The van der Waals surface area contributed by atoms with Crippen molar-refractivity contribution in [1.82, 2.24) is 14.6 Å². The summed E-state index contributed by atoms with van der Waals surface area (Å²) < 4.78 is 1.76. The minimum absolute atomic E-state index is 0. The Morgan fingerprint density at radius 1 is 1.20 bits per heavy atom. The van der Waals surface area contributed by atoms with Crippen molar-refractivity contribution in [3.63, 3.8) is 0 Å². The molecule has 0 bridgehead atoms. The van der Waals surface area contributed by atoms with Gasteiger partial charge in [-0.05, 0) is 36.1 Å². The van der Waals surface area contributed by atoms with Crippen molar-refractivity contribution in [2.45, 2.75) is 32.7 Å².